The lowest BCUT2D eigenvalue weighted by Crippen LogP contribution is -2.44. The highest BCUT2D eigenvalue weighted by atomic mass is 32.2. The largest absolute Gasteiger partial charge is 0.390 e. The number of aliphatic hydroxyl groups excluding tert-OH is 1. The van der Waals surface area contributed by atoms with Crippen LogP contribution < -0.4 is 5.32 Å². The van der Waals surface area contributed by atoms with Crippen LogP contribution in [0.1, 0.15) is 12.5 Å². The predicted octanol–water partition coefficient (Wildman–Crippen LogP) is -0.899. The van der Waals surface area contributed by atoms with E-state index in [-0.39, 0.29) is 17.3 Å². The maximum Gasteiger partial charge on any atom is 0.243 e. The molecule has 0 unspecified atom stereocenters. The van der Waals surface area contributed by atoms with Crippen LogP contribution in [-0.4, -0.2) is 62.9 Å². The molecule has 1 saturated heterocycles. The quantitative estimate of drug-likeness (QED) is 0.687. The average Bonchev–Trinajstić information content (AvgIpc) is 2.77. The fourth-order valence-electron chi connectivity index (χ4n) is 2.51. The summed E-state index contributed by atoms with van der Waals surface area (Å²) in [5, 5.41) is 12.4. The van der Waals surface area contributed by atoms with Crippen LogP contribution in [0.25, 0.3) is 0 Å². The molecule has 1 aliphatic rings. The lowest BCUT2D eigenvalue weighted by molar-refractivity contribution is -0.119. The van der Waals surface area contributed by atoms with Crippen molar-refractivity contribution in [2.75, 3.05) is 18.6 Å². The fourth-order valence-corrected chi connectivity index (χ4v) is 5.83. The third kappa shape index (κ3) is 4.12. The maximum atomic E-state index is 12.6. The van der Waals surface area contributed by atoms with Crippen molar-refractivity contribution < 1.29 is 26.7 Å². The number of sulfone groups is 1. The fraction of sp³-hybridized carbons (Fsp3) is 0.500. The van der Waals surface area contributed by atoms with Gasteiger partial charge in [0, 0.05) is 20.5 Å². The van der Waals surface area contributed by atoms with Gasteiger partial charge in [0.2, 0.25) is 15.9 Å². The monoisotopic (exact) mass is 376 g/mol. The molecular formula is C14H20N2O6S2. The van der Waals surface area contributed by atoms with E-state index in [1.165, 1.54) is 26.1 Å². The number of carbonyl (C=O) groups is 1. The molecule has 0 saturated carbocycles. The molecule has 2 N–H and O–H groups in total. The Morgan fingerprint density at radius 1 is 1.29 bits per heavy atom. The molecule has 1 aromatic carbocycles. The molecule has 1 fully saturated rings. The van der Waals surface area contributed by atoms with Crippen molar-refractivity contribution in [2.24, 2.45) is 0 Å². The minimum Gasteiger partial charge on any atom is -0.390 e. The molecule has 1 heterocycles. The summed E-state index contributed by atoms with van der Waals surface area (Å²) in [7, 11) is -6.12. The van der Waals surface area contributed by atoms with Gasteiger partial charge in [-0.25, -0.2) is 16.8 Å². The van der Waals surface area contributed by atoms with Gasteiger partial charge in [-0.15, -0.1) is 0 Å². The number of aliphatic hydroxyl groups is 1. The van der Waals surface area contributed by atoms with E-state index in [0.717, 1.165) is 9.87 Å². The summed E-state index contributed by atoms with van der Waals surface area (Å²) in [6.45, 7) is 1.67. The van der Waals surface area contributed by atoms with Gasteiger partial charge in [0.1, 0.15) is 0 Å². The van der Waals surface area contributed by atoms with Crippen molar-refractivity contribution in [2.45, 2.75) is 30.5 Å². The Hall–Kier alpha value is -1.49. The van der Waals surface area contributed by atoms with Crippen molar-refractivity contribution in [1.82, 2.24) is 9.62 Å². The molecule has 1 aliphatic heterocycles. The van der Waals surface area contributed by atoms with E-state index in [1.54, 1.807) is 12.1 Å². The Bertz CT molecular complexity index is 817. The SMILES string of the molecule is CC(=O)NCc1ccc(S(=O)(=O)N(C)[C@H]2CS(=O)(=O)C[C@@H]2O)cc1. The summed E-state index contributed by atoms with van der Waals surface area (Å²) in [4.78, 5) is 10.9. The Kier molecular flexibility index (Phi) is 5.33. The van der Waals surface area contributed by atoms with Gasteiger partial charge in [-0.05, 0) is 17.7 Å². The number of nitrogens with zero attached hydrogens (tertiary/aromatic N) is 1. The molecule has 2 atom stereocenters. The Labute approximate surface area is 141 Å². The number of rotatable bonds is 5. The zero-order chi connectivity index (χ0) is 18.1. The van der Waals surface area contributed by atoms with Crippen molar-refractivity contribution in [3.63, 3.8) is 0 Å². The average molecular weight is 376 g/mol. The van der Waals surface area contributed by atoms with Crippen LogP contribution in [0.5, 0.6) is 0 Å². The standard InChI is InChI=1S/C14H20N2O6S2/c1-10(17)15-7-11-3-5-12(6-4-11)24(21,22)16(2)13-8-23(19,20)9-14(13)18/h3-6,13-14,18H,7-9H2,1-2H3,(H,15,17)/t13-,14-/m0/s1. The molecule has 1 amide bonds. The molecule has 0 aromatic heterocycles. The summed E-state index contributed by atoms with van der Waals surface area (Å²) in [5.74, 6) is -1.03. The molecule has 0 spiro atoms. The third-order valence-electron chi connectivity index (χ3n) is 3.90. The molecule has 134 valence electrons. The van der Waals surface area contributed by atoms with Crippen LogP contribution in [0, 0.1) is 0 Å². The minimum atomic E-state index is -3.93. The summed E-state index contributed by atoms with van der Waals surface area (Å²) < 4.78 is 49.3. The number of amides is 1. The number of benzene rings is 1. The van der Waals surface area contributed by atoms with Crippen LogP contribution in [0.15, 0.2) is 29.2 Å². The molecule has 10 heteroatoms. The number of hydrogen-bond donors (Lipinski definition) is 2. The first kappa shape index (κ1) is 18.8. The summed E-state index contributed by atoms with van der Waals surface area (Å²) in [5.41, 5.74) is 0.732. The zero-order valence-electron chi connectivity index (χ0n) is 13.3. The van der Waals surface area contributed by atoms with Crippen molar-refractivity contribution in [3.8, 4) is 0 Å². The second-order valence-corrected chi connectivity index (χ2v) is 9.94. The van der Waals surface area contributed by atoms with Crippen LogP contribution in [0.2, 0.25) is 0 Å². The summed E-state index contributed by atoms with van der Waals surface area (Å²) >= 11 is 0. The zero-order valence-corrected chi connectivity index (χ0v) is 15.0. The number of carbonyl (C=O) groups excluding carboxylic acids is 1. The number of hydrogen-bond acceptors (Lipinski definition) is 6. The number of sulfonamides is 1. The smallest absolute Gasteiger partial charge is 0.243 e. The normalized spacial score (nSPS) is 23.3. The topological polar surface area (TPSA) is 121 Å². The second kappa shape index (κ2) is 6.79. The van der Waals surface area contributed by atoms with Gasteiger partial charge in [0.15, 0.2) is 9.84 Å². The Morgan fingerprint density at radius 2 is 1.88 bits per heavy atom. The number of nitrogens with one attached hydrogen (secondary N) is 1. The highest BCUT2D eigenvalue weighted by molar-refractivity contribution is 7.92. The van der Waals surface area contributed by atoms with Crippen LogP contribution >= 0.6 is 0 Å². The first-order chi connectivity index (χ1) is 11.0. The van der Waals surface area contributed by atoms with E-state index in [4.69, 9.17) is 0 Å². The molecule has 1 aromatic rings. The first-order valence-corrected chi connectivity index (χ1v) is 10.5. The molecule has 8 nitrogen and oxygen atoms in total. The van der Waals surface area contributed by atoms with Crippen molar-refractivity contribution in [1.29, 1.82) is 0 Å². The van der Waals surface area contributed by atoms with E-state index in [9.17, 15) is 26.7 Å². The van der Waals surface area contributed by atoms with E-state index >= 15 is 0 Å². The van der Waals surface area contributed by atoms with Gasteiger partial charge in [0.25, 0.3) is 0 Å². The Morgan fingerprint density at radius 3 is 2.33 bits per heavy atom. The van der Waals surface area contributed by atoms with Crippen LogP contribution in [-0.2, 0) is 31.2 Å². The van der Waals surface area contributed by atoms with Gasteiger partial charge < -0.3 is 10.4 Å². The maximum absolute atomic E-state index is 12.6. The summed E-state index contributed by atoms with van der Waals surface area (Å²) in [6.07, 6.45) is -1.24. The molecule has 0 aliphatic carbocycles. The van der Waals surface area contributed by atoms with Gasteiger partial charge in [-0.1, -0.05) is 12.1 Å². The van der Waals surface area contributed by atoms with Gasteiger partial charge in [0.05, 0.1) is 28.5 Å². The van der Waals surface area contributed by atoms with Crippen molar-refractivity contribution in [3.05, 3.63) is 29.8 Å². The van der Waals surface area contributed by atoms with Crippen LogP contribution in [0.4, 0.5) is 0 Å². The minimum absolute atomic E-state index is 0.00641. The first-order valence-electron chi connectivity index (χ1n) is 7.23. The molecule has 0 radical (unpaired) electrons. The Balaban J connectivity index is 2.19. The lowest BCUT2D eigenvalue weighted by atomic mass is 10.2. The summed E-state index contributed by atoms with van der Waals surface area (Å²) in [6, 6.07) is 4.91. The molecular weight excluding hydrogens is 356 g/mol. The van der Waals surface area contributed by atoms with Crippen molar-refractivity contribution >= 4 is 25.8 Å². The molecule has 24 heavy (non-hydrogen) atoms. The van der Waals surface area contributed by atoms with E-state index in [2.05, 4.69) is 5.32 Å². The van der Waals surface area contributed by atoms with E-state index in [0.29, 0.717) is 0 Å². The molecule has 0 bridgehead atoms. The third-order valence-corrected chi connectivity index (χ3v) is 7.50. The highest BCUT2D eigenvalue weighted by Gasteiger charge is 2.42. The van der Waals surface area contributed by atoms with Crippen LogP contribution in [0.3, 0.4) is 0 Å². The highest BCUT2D eigenvalue weighted by Crippen LogP contribution is 2.24. The number of likely N-dealkylation sites (N-methyl/N-ethyl adjacent to an activating group) is 1. The van der Waals surface area contributed by atoms with E-state index in [1.807, 2.05) is 0 Å². The van der Waals surface area contributed by atoms with E-state index < -0.39 is 43.5 Å². The second-order valence-electron chi connectivity index (χ2n) is 5.79. The van der Waals surface area contributed by atoms with Gasteiger partial charge >= 0.3 is 0 Å². The lowest BCUT2D eigenvalue weighted by Gasteiger charge is -2.25. The van der Waals surface area contributed by atoms with Gasteiger partial charge in [-0.3, -0.25) is 4.79 Å². The molecule has 2 rings (SSSR count). The predicted molar refractivity (Wildman–Crippen MR) is 87.4 cm³/mol. The van der Waals surface area contributed by atoms with Gasteiger partial charge in [-0.2, -0.15) is 4.31 Å².